The van der Waals surface area contributed by atoms with Crippen LogP contribution in [-0.4, -0.2) is 0 Å². The van der Waals surface area contributed by atoms with Crippen LogP contribution in [0.1, 0.15) is 61.1 Å². The minimum atomic E-state index is -3.60. The lowest BCUT2D eigenvalue weighted by Crippen LogP contribution is -2.22. The Morgan fingerprint density at radius 2 is 1.79 bits per heavy atom. The highest BCUT2D eigenvalue weighted by Gasteiger charge is 2.35. The Kier molecular flexibility index (Phi) is 6.64. The third-order valence-corrected chi connectivity index (χ3v) is 5.65. The second kappa shape index (κ2) is 9.17. The van der Waals surface area contributed by atoms with E-state index in [4.69, 9.17) is 10.00 Å². The highest BCUT2D eigenvalue weighted by atomic mass is 19.3. The summed E-state index contributed by atoms with van der Waals surface area (Å²) in [6, 6.07) is 10.9. The van der Waals surface area contributed by atoms with Gasteiger partial charge in [-0.05, 0) is 80.2 Å². The molecular weight excluding hydrogens is 375 g/mol. The maximum Gasteiger partial charge on any atom is 0.426 e. The summed E-state index contributed by atoms with van der Waals surface area (Å²) in [7, 11) is 0. The predicted octanol–water partition coefficient (Wildman–Crippen LogP) is 7.07. The first-order valence-electron chi connectivity index (χ1n) is 9.90. The lowest BCUT2D eigenvalue weighted by molar-refractivity contribution is -0.185. The van der Waals surface area contributed by atoms with Crippen LogP contribution < -0.4 is 4.74 Å². The number of ether oxygens (including phenoxy) is 1. The lowest BCUT2D eigenvalue weighted by Gasteiger charge is -2.29. The van der Waals surface area contributed by atoms with Gasteiger partial charge in [0.25, 0.3) is 0 Å². The molecule has 5 heteroatoms. The minimum Gasteiger partial charge on any atom is -0.429 e. The van der Waals surface area contributed by atoms with Crippen LogP contribution in [0.25, 0.3) is 0 Å². The first-order chi connectivity index (χ1) is 13.9. The summed E-state index contributed by atoms with van der Waals surface area (Å²) in [6.45, 7) is 3.77. The molecule has 0 unspecified atom stereocenters. The molecule has 29 heavy (non-hydrogen) atoms. The average molecular weight is 399 g/mol. The van der Waals surface area contributed by atoms with Crippen molar-refractivity contribution in [3.05, 3.63) is 77.6 Å². The fraction of sp³-hybridized carbons (Fsp3) is 0.375. The number of hydrogen-bond donors (Lipinski definition) is 0. The molecule has 0 bridgehead atoms. The fourth-order valence-electron chi connectivity index (χ4n) is 3.94. The zero-order valence-corrected chi connectivity index (χ0v) is 16.2. The van der Waals surface area contributed by atoms with Crippen molar-refractivity contribution in [1.29, 1.82) is 5.26 Å². The van der Waals surface area contributed by atoms with Crippen LogP contribution in [0.4, 0.5) is 13.2 Å². The second-order valence-electron chi connectivity index (χ2n) is 7.58. The van der Waals surface area contributed by atoms with Crippen molar-refractivity contribution in [2.24, 2.45) is 5.92 Å². The Hall–Kier alpha value is -2.74. The van der Waals surface area contributed by atoms with Crippen LogP contribution in [0.3, 0.4) is 0 Å². The van der Waals surface area contributed by atoms with Gasteiger partial charge in [-0.15, -0.1) is 6.58 Å². The predicted molar refractivity (Wildman–Crippen MR) is 106 cm³/mol. The van der Waals surface area contributed by atoms with Gasteiger partial charge in [-0.3, -0.25) is 0 Å². The normalized spacial score (nSPS) is 19.4. The van der Waals surface area contributed by atoms with E-state index in [1.54, 1.807) is 18.2 Å². The summed E-state index contributed by atoms with van der Waals surface area (Å²) in [5.74, 6) is -0.0893. The number of rotatable bonds is 7. The highest BCUT2D eigenvalue weighted by Crippen LogP contribution is 2.39. The molecule has 0 atom stereocenters. The summed E-state index contributed by atoms with van der Waals surface area (Å²) in [5, 5.41) is 8.72. The molecule has 152 valence electrons. The van der Waals surface area contributed by atoms with Crippen LogP contribution in [0, 0.1) is 23.1 Å². The third-order valence-electron chi connectivity index (χ3n) is 5.65. The molecule has 0 spiro atoms. The van der Waals surface area contributed by atoms with Gasteiger partial charge in [0.05, 0.1) is 11.1 Å². The standard InChI is InChI=1S/C24H24F3NO/c1-2-3-4-17-5-7-18(8-6-17)19-9-12-21(13-10-19)24(26,27)29-22-14-11-20(16-28)23(25)15-22/h2,9-15,17-18H,1,3-8H2. The highest BCUT2D eigenvalue weighted by molar-refractivity contribution is 5.37. The van der Waals surface area contributed by atoms with Crippen molar-refractivity contribution in [1.82, 2.24) is 0 Å². The van der Waals surface area contributed by atoms with Crippen LogP contribution in [-0.2, 0) is 6.11 Å². The van der Waals surface area contributed by atoms with Crippen LogP contribution in [0.2, 0.25) is 0 Å². The Morgan fingerprint density at radius 1 is 1.10 bits per heavy atom. The molecule has 1 aliphatic carbocycles. The van der Waals surface area contributed by atoms with Crippen molar-refractivity contribution >= 4 is 0 Å². The van der Waals surface area contributed by atoms with Gasteiger partial charge in [0, 0.05) is 6.07 Å². The van der Waals surface area contributed by atoms with E-state index in [1.165, 1.54) is 18.6 Å². The maximum atomic E-state index is 14.5. The quantitative estimate of drug-likeness (QED) is 0.467. The molecule has 0 aliphatic heterocycles. The number of halogens is 3. The zero-order valence-electron chi connectivity index (χ0n) is 16.2. The van der Waals surface area contributed by atoms with E-state index in [1.807, 2.05) is 6.08 Å². The molecule has 0 radical (unpaired) electrons. The molecule has 0 heterocycles. The molecule has 1 aliphatic rings. The first kappa shape index (κ1) is 21.0. The van der Waals surface area contributed by atoms with Gasteiger partial charge in [0.2, 0.25) is 0 Å². The maximum absolute atomic E-state index is 14.5. The number of benzene rings is 2. The molecule has 1 saturated carbocycles. The molecule has 2 aromatic carbocycles. The third kappa shape index (κ3) is 5.20. The smallest absolute Gasteiger partial charge is 0.426 e. The molecule has 2 nitrogen and oxygen atoms in total. The van der Waals surface area contributed by atoms with E-state index in [-0.39, 0.29) is 16.9 Å². The number of allylic oxidation sites excluding steroid dienone is 1. The Bertz CT molecular complexity index is 878. The van der Waals surface area contributed by atoms with Crippen LogP contribution in [0.15, 0.2) is 55.1 Å². The van der Waals surface area contributed by atoms with Crippen LogP contribution in [0.5, 0.6) is 5.75 Å². The number of alkyl halides is 2. The van der Waals surface area contributed by atoms with E-state index in [9.17, 15) is 13.2 Å². The van der Waals surface area contributed by atoms with Gasteiger partial charge in [0.1, 0.15) is 17.6 Å². The number of nitriles is 1. The topological polar surface area (TPSA) is 33.0 Å². The molecular formula is C24H24F3NO. The van der Waals surface area contributed by atoms with E-state index >= 15 is 0 Å². The largest absolute Gasteiger partial charge is 0.429 e. The van der Waals surface area contributed by atoms with Crippen molar-refractivity contribution < 1.29 is 17.9 Å². The number of nitrogens with zero attached hydrogens (tertiary/aromatic N) is 1. The van der Waals surface area contributed by atoms with E-state index in [2.05, 4.69) is 6.58 Å². The summed E-state index contributed by atoms with van der Waals surface area (Å²) in [4.78, 5) is 0. The van der Waals surface area contributed by atoms with E-state index in [0.717, 1.165) is 61.8 Å². The Morgan fingerprint density at radius 3 is 2.38 bits per heavy atom. The van der Waals surface area contributed by atoms with Gasteiger partial charge < -0.3 is 4.74 Å². The summed E-state index contributed by atoms with van der Waals surface area (Å²) < 4.78 is 47.3. The average Bonchev–Trinajstić information content (AvgIpc) is 2.72. The fourth-order valence-corrected chi connectivity index (χ4v) is 3.94. The molecule has 3 rings (SSSR count). The van der Waals surface area contributed by atoms with Crippen molar-refractivity contribution in [2.75, 3.05) is 0 Å². The van der Waals surface area contributed by atoms with Crippen molar-refractivity contribution in [3.63, 3.8) is 0 Å². The van der Waals surface area contributed by atoms with Gasteiger partial charge in [0.15, 0.2) is 0 Å². The molecule has 2 aromatic rings. The Labute approximate surface area is 169 Å². The SMILES string of the molecule is C=CCCC1CCC(c2ccc(C(F)(F)Oc3ccc(C#N)c(F)c3)cc2)CC1. The van der Waals surface area contributed by atoms with Crippen LogP contribution >= 0.6 is 0 Å². The van der Waals surface area contributed by atoms with Gasteiger partial charge in [-0.1, -0.05) is 18.2 Å². The number of hydrogen-bond acceptors (Lipinski definition) is 2. The summed E-state index contributed by atoms with van der Waals surface area (Å²) in [6.07, 6.45) is 5.03. The zero-order chi connectivity index (χ0) is 20.9. The summed E-state index contributed by atoms with van der Waals surface area (Å²) >= 11 is 0. The molecule has 0 N–H and O–H groups in total. The van der Waals surface area contributed by atoms with Gasteiger partial charge in [-0.2, -0.15) is 14.0 Å². The van der Waals surface area contributed by atoms with E-state index in [0.29, 0.717) is 5.92 Å². The minimum absolute atomic E-state index is 0.218. The van der Waals surface area contributed by atoms with Crippen molar-refractivity contribution in [2.45, 2.75) is 50.6 Å². The second-order valence-corrected chi connectivity index (χ2v) is 7.58. The van der Waals surface area contributed by atoms with Gasteiger partial charge in [-0.25, -0.2) is 4.39 Å². The molecule has 0 aromatic heterocycles. The Balaban J connectivity index is 1.64. The molecule has 1 fully saturated rings. The van der Waals surface area contributed by atoms with Gasteiger partial charge >= 0.3 is 6.11 Å². The lowest BCUT2D eigenvalue weighted by atomic mass is 9.77. The molecule has 0 saturated heterocycles. The first-order valence-corrected chi connectivity index (χ1v) is 9.90. The monoisotopic (exact) mass is 399 g/mol. The van der Waals surface area contributed by atoms with Crippen molar-refractivity contribution in [3.8, 4) is 11.8 Å². The molecule has 0 amide bonds. The van der Waals surface area contributed by atoms with E-state index < -0.39 is 11.9 Å². The summed E-state index contributed by atoms with van der Waals surface area (Å²) in [5.41, 5.74) is 0.561.